The summed E-state index contributed by atoms with van der Waals surface area (Å²) in [5.74, 6) is 0.141. The summed E-state index contributed by atoms with van der Waals surface area (Å²) in [5, 5.41) is 5.18. The third kappa shape index (κ3) is 3.57. The second-order valence-corrected chi connectivity index (χ2v) is 8.91. The zero-order valence-corrected chi connectivity index (χ0v) is 17.2. The largest absolute Gasteiger partial charge is 0.397 e. The Labute approximate surface area is 176 Å². The second-order valence-electron chi connectivity index (χ2n) is 7.34. The summed E-state index contributed by atoms with van der Waals surface area (Å²) in [6.07, 6.45) is 2.52. The van der Waals surface area contributed by atoms with Crippen LogP contribution < -0.4 is 11.1 Å². The van der Waals surface area contributed by atoms with Crippen LogP contribution in [0.15, 0.2) is 42.6 Å². The number of amides is 1. The molecule has 29 heavy (non-hydrogen) atoms. The molecule has 1 saturated heterocycles. The third-order valence-corrected chi connectivity index (χ3v) is 6.71. The van der Waals surface area contributed by atoms with Gasteiger partial charge >= 0.3 is 0 Å². The molecule has 1 aliphatic rings. The molecule has 0 spiro atoms. The summed E-state index contributed by atoms with van der Waals surface area (Å²) in [7, 11) is 0. The fourth-order valence-electron chi connectivity index (χ4n) is 3.85. The number of H-pyrrole nitrogens is 1. The van der Waals surface area contributed by atoms with E-state index in [-0.39, 0.29) is 11.9 Å². The number of nitrogens with one attached hydrogen (secondary N) is 2. The number of rotatable bonds is 5. The van der Waals surface area contributed by atoms with Crippen molar-refractivity contribution in [3.05, 3.63) is 58.2 Å². The smallest absolute Gasteiger partial charge is 0.240 e. The van der Waals surface area contributed by atoms with Gasteiger partial charge in [-0.05, 0) is 42.8 Å². The van der Waals surface area contributed by atoms with E-state index < -0.39 is 0 Å². The zero-order valence-electron chi connectivity index (χ0n) is 15.6. The number of thiophene rings is 1. The molecule has 0 unspecified atom stereocenters. The van der Waals surface area contributed by atoms with E-state index in [1.807, 2.05) is 35.2 Å². The first kappa shape index (κ1) is 18.4. The summed E-state index contributed by atoms with van der Waals surface area (Å²) in [5.41, 5.74) is 9.74. The standard InChI is InChI=1S/C21H20ClN5OS/c22-13-1-2-17-12(7-13)8-14(26-17)10-25-18-4-6-27(21(18)28)11-15-9-19-20(29-15)16(23)3-5-24-19/h1-3,5,7-9,18,25-26H,4,6,10-11H2,(H2,23,24)/t18-/m1/s1. The van der Waals surface area contributed by atoms with E-state index in [0.29, 0.717) is 13.1 Å². The number of benzene rings is 1. The number of fused-ring (bicyclic) bond motifs is 2. The molecule has 0 saturated carbocycles. The molecule has 1 fully saturated rings. The van der Waals surface area contributed by atoms with Gasteiger partial charge in [-0.15, -0.1) is 11.3 Å². The van der Waals surface area contributed by atoms with E-state index in [9.17, 15) is 4.79 Å². The van der Waals surface area contributed by atoms with Crippen LogP contribution in [0, 0.1) is 0 Å². The average Bonchev–Trinajstić information content (AvgIpc) is 3.38. The van der Waals surface area contributed by atoms with Gasteiger partial charge in [-0.25, -0.2) is 0 Å². The lowest BCUT2D eigenvalue weighted by molar-refractivity contribution is -0.129. The first-order valence-corrected chi connectivity index (χ1v) is 10.7. The molecule has 0 radical (unpaired) electrons. The van der Waals surface area contributed by atoms with E-state index >= 15 is 0 Å². The van der Waals surface area contributed by atoms with Crippen molar-refractivity contribution in [2.45, 2.75) is 25.6 Å². The molecule has 148 valence electrons. The summed E-state index contributed by atoms with van der Waals surface area (Å²) in [6, 6.07) is 11.5. The number of likely N-dealkylation sites (tertiary alicyclic amines) is 1. The van der Waals surface area contributed by atoms with Crippen LogP contribution in [0.25, 0.3) is 21.1 Å². The minimum atomic E-state index is -0.164. The van der Waals surface area contributed by atoms with Crippen molar-refractivity contribution in [3.63, 3.8) is 0 Å². The van der Waals surface area contributed by atoms with Gasteiger partial charge in [0.25, 0.3) is 0 Å². The normalized spacial score (nSPS) is 17.1. The number of anilines is 1. The average molecular weight is 426 g/mol. The number of nitrogens with zero attached hydrogens (tertiary/aromatic N) is 2. The first-order valence-electron chi connectivity index (χ1n) is 9.49. The van der Waals surface area contributed by atoms with Crippen LogP contribution in [-0.4, -0.2) is 33.4 Å². The van der Waals surface area contributed by atoms with Crippen molar-refractivity contribution in [2.24, 2.45) is 0 Å². The fraction of sp³-hybridized carbons (Fsp3) is 0.238. The molecular weight excluding hydrogens is 406 g/mol. The third-order valence-electron chi connectivity index (χ3n) is 5.32. The van der Waals surface area contributed by atoms with Gasteiger partial charge in [-0.1, -0.05) is 11.6 Å². The molecule has 4 N–H and O–H groups in total. The Morgan fingerprint density at radius 1 is 1.31 bits per heavy atom. The predicted molar refractivity (Wildman–Crippen MR) is 118 cm³/mol. The molecule has 5 rings (SSSR count). The van der Waals surface area contributed by atoms with E-state index in [1.54, 1.807) is 17.5 Å². The maximum absolute atomic E-state index is 12.8. The summed E-state index contributed by atoms with van der Waals surface area (Å²) in [4.78, 5) is 23.6. The summed E-state index contributed by atoms with van der Waals surface area (Å²) in [6.45, 7) is 1.96. The molecule has 1 amide bonds. The Morgan fingerprint density at radius 3 is 3.07 bits per heavy atom. The molecule has 4 heterocycles. The monoisotopic (exact) mass is 425 g/mol. The van der Waals surface area contributed by atoms with Crippen LogP contribution in [0.4, 0.5) is 5.69 Å². The Hall–Kier alpha value is -2.61. The Bertz CT molecular complexity index is 1220. The lowest BCUT2D eigenvalue weighted by Gasteiger charge is -2.16. The van der Waals surface area contributed by atoms with Crippen molar-refractivity contribution in [2.75, 3.05) is 12.3 Å². The van der Waals surface area contributed by atoms with Crippen molar-refractivity contribution in [1.82, 2.24) is 20.2 Å². The van der Waals surface area contributed by atoms with Crippen molar-refractivity contribution in [1.29, 1.82) is 0 Å². The predicted octanol–water partition coefficient (Wildman–Crippen LogP) is 3.90. The highest BCUT2D eigenvalue weighted by atomic mass is 35.5. The Kier molecular flexibility index (Phi) is 4.66. The maximum Gasteiger partial charge on any atom is 0.240 e. The van der Waals surface area contributed by atoms with E-state index in [4.69, 9.17) is 17.3 Å². The molecule has 8 heteroatoms. The second kappa shape index (κ2) is 7.33. The number of hydrogen-bond acceptors (Lipinski definition) is 5. The van der Waals surface area contributed by atoms with Gasteiger partial charge in [-0.3, -0.25) is 9.78 Å². The molecule has 1 aliphatic heterocycles. The summed E-state index contributed by atoms with van der Waals surface area (Å²) >= 11 is 7.67. The van der Waals surface area contributed by atoms with Crippen LogP contribution in [-0.2, 0) is 17.9 Å². The minimum Gasteiger partial charge on any atom is -0.397 e. The quantitative estimate of drug-likeness (QED) is 0.452. The van der Waals surface area contributed by atoms with Gasteiger partial charge in [0.15, 0.2) is 0 Å². The van der Waals surface area contributed by atoms with Crippen LogP contribution >= 0.6 is 22.9 Å². The number of aromatic nitrogens is 2. The van der Waals surface area contributed by atoms with E-state index in [2.05, 4.69) is 21.4 Å². The van der Waals surface area contributed by atoms with Crippen molar-refractivity contribution >= 4 is 55.7 Å². The number of hydrogen-bond donors (Lipinski definition) is 3. The molecular formula is C21H20ClN5OS. The molecule has 6 nitrogen and oxygen atoms in total. The van der Waals surface area contributed by atoms with Gasteiger partial charge in [0, 0.05) is 45.8 Å². The molecule has 0 bridgehead atoms. The highest BCUT2D eigenvalue weighted by Gasteiger charge is 2.31. The van der Waals surface area contributed by atoms with Crippen LogP contribution in [0.3, 0.4) is 0 Å². The topological polar surface area (TPSA) is 87.0 Å². The highest BCUT2D eigenvalue weighted by molar-refractivity contribution is 7.19. The number of nitrogen functional groups attached to an aromatic ring is 1. The van der Waals surface area contributed by atoms with Crippen molar-refractivity contribution in [3.8, 4) is 0 Å². The van der Waals surface area contributed by atoms with Crippen LogP contribution in [0.5, 0.6) is 0 Å². The van der Waals surface area contributed by atoms with Crippen LogP contribution in [0.2, 0.25) is 5.02 Å². The number of carbonyl (C=O) groups is 1. The van der Waals surface area contributed by atoms with Gasteiger partial charge in [0.1, 0.15) is 0 Å². The van der Waals surface area contributed by atoms with Gasteiger partial charge in [0.2, 0.25) is 5.91 Å². The lowest BCUT2D eigenvalue weighted by atomic mass is 10.2. The molecule has 1 atom stereocenters. The molecule has 3 aromatic heterocycles. The first-order chi connectivity index (χ1) is 14.1. The van der Waals surface area contributed by atoms with Crippen LogP contribution in [0.1, 0.15) is 17.0 Å². The lowest BCUT2D eigenvalue weighted by Crippen LogP contribution is -2.37. The molecule has 0 aliphatic carbocycles. The number of pyridine rings is 1. The Morgan fingerprint density at radius 2 is 2.21 bits per heavy atom. The maximum atomic E-state index is 12.8. The number of nitrogens with two attached hydrogens (primary N) is 1. The minimum absolute atomic E-state index is 0.141. The van der Waals surface area contributed by atoms with Gasteiger partial charge in [-0.2, -0.15) is 0 Å². The SMILES string of the molecule is Nc1ccnc2cc(CN3CC[C@@H](NCc4cc5cc(Cl)ccc5[nH]4)C3=O)sc12. The van der Waals surface area contributed by atoms with Gasteiger partial charge in [0.05, 0.1) is 28.5 Å². The van der Waals surface area contributed by atoms with Crippen molar-refractivity contribution < 1.29 is 4.79 Å². The number of aromatic amines is 1. The molecule has 4 aromatic rings. The van der Waals surface area contributed by atoms with E-state index in [0.717, 1.165) is 55.4 Å². The highest BCUT2D eigenvalue weighted by Crippen LogP contribution is 2.30. The Balaban J connectivity index is 1.23. The molecule has 1 aromatic carbocycles. The van der Waals surface area contributed by atoms with E-state index in [1.165, 1.54) is 0 Å². The fourth-order valence-corrected chi connectivity index (χ4v) is 5.09. The zero-order chi connectivity index (χ0) is 20.0. The van der Waals surface area contributed by atoms with Gasteiger partial charge < -0.3 is 20.9 Å². The number of halogens is 1. The summed E-state index contributed by atoms with van der Waals surface area (Å²) < 4.78 is 0.989. The number of carbonyl (C=O) groups excluding carboxylic acids is 1.